The lowest BCUT2D eigenvalue weighted by Crippen LogP contribution is -2.53. The van der Waals surface area contributed by atoms with Crippen molar-refractivity contribution in [2.75, 3.05) is 0 Å². The lowest BCUT2D eigenvalue weighted by atomic mass is 9.71. The number of primary amides is 1. The summed E-state index contributed by atoms with van der Waals surface area (Å²) in [4.78, 5) is 27.5. The minimum atomic E-state index is -0.925. The van der Waals surface area contributed by atoms with E-state index in [4.69, 9.17) is 5.73 Å². The molecular weight excluding hydrogens is 332 g/mol. The van der Waals surface area contributed by atoms with Crippen LogP contribution >= 0.6 is 0 Å². The van der Waals surface area contributed by atoms with Gasteiger partial charge in [0.25, 0.3) is 0 Å². The van der Waals surface area contributed by atoms with E-state index in [1.54, 1.807) is 24.5 Å². The Kier molecular flexibility index (Phi) is 5.18. The van der Waals surface area contributed by atoms with Crippen molar-refractivity contribution in [3.05, 3.63) is 66.0 Å². The van der Waals surface area contributed by atoms with Gasteiger partial charge in [0.05, 0.1) is 18.1 Å². The van der Waals surface area contributed by atoms with Gasteiger partial charge < -0.3 is 21.5 Å². The fourth-order valence-electron chi connectivity index (χ4n) is 3.34. The highest BCUT2D eigenvalue weighted by Gasteiger charge is 2.44. The normalized spacial score (nSPS) is 22.7. The van der Waals surface area contributed by atoms with Gasteiger partial charge in [-0.05, 0) is 23.3 Å². The van der Waals surface area contributed by atoms with Gasteiger partial charge in [-0.1, -0.05) is 30.3 Å². The molecule has 1 aliphatic carbocycles. The molecule has 136 valence electrons. The number of aliphatic hydroxyl groups is 1. The summed E-state index contributed by atoms with van der Waals surface area (Å²) in [6.07, 6.45) is 4.25. The van der Waals surface area contributed by atoms with E-state index < -0.39 is 17.7 Å². The number of urea groups is 1. The summed E-state index contributed by atoms with van der Waals surface area (Å²) < 4.78 is 0. The van der Waals surface area contributed by atoms with Gasteiger partial charge >= 0.3 is 6.03 Å². The van der Waals surface area contributed by atoms with Crippen molar-refractivity contribution in [3.63, 3.8) is 0 Å². The molecule has 0 radical (unpaired) electrons. The van der Waals surface area contributed by atoms with Crippen molar-refractivity contribution in [2.24, 2.45) is 5.73 Å². The standard InChI is InChI=1S/C19H22N4O3/c20-18(25)23-16(13-4-2-1-3-5-13)10-17(24)22-15-11-19(26,12-15)14-6-8-21-9-7-14/h1-9,15-16,26H,10-12H2,(H,22,24)(H3,20,23,25). The van der Waals surface area contributed by atoms with Crippen LogP contribution in [0.2, 0.25) is 0 Å². The molecule has 1 aromatic carbocycles. The van der Waals surface area contributed by atoms with Gasteiger partial charge in [-0.2, -0.15) is 0 Å². The van der Waals surface area contributed by atoms with E-state index in [2.05, 4.69) is 15.6 Å². The summed E-state index contributed by atoms with van der Waals surface area (Å²) in [5.41, 5.74) is 5.91. The summed E-state index contributed by atoms with van der Waals surface area (Å²) in [5, 5.41) is 16.1. The van der Waals surface area contributed by atoms with Crippen molar-refractivity contribution in [1.29, 1.82) is 0 Å². The maximum absolute atomic E-state index is 12.4. The van der Waals surface area contributed by atoms with E-state index in [0.717, 1.165) is 11.1 Å². The first-order chi connectivity index (χ1) is 12.5. The molecule has 1 aliphatic rings. The second-order valence-electron chi connectivity index (χ2n) is 6.62. The second-order valence-corrected chi connectivity index (χ2v) is 6.62. The predicted molar refractivity (Wildman–Crippen MR) is 95.8 cm³/mol. The van der Waals surface area contributed by atoms with Gasteiger partial charge in [-0.3, -0.25) is 9.78 Å². The second kappa shape index (κ2) is 7.53. The highest BCUT2D eigenvalue weighted by Crippen LogP contribution is 2.41. The van der Waals surface area contributed by atoms with Crippen molar-refractivity contribution < 1.29 is 14.7 Å². The highest BCUT2D eigenvalue weighted by atomic mass is 16.3. The number of nitrogens with two attached hydrogens (primary N) is 1. The number of pyridine rings is 1. The molecule has 0 saturated heterocycles. The van der Waals surface area contributed by atoms with E-state index in [0.29, 0.717) is 12.8 Å². The molecule has 5 N–H and O–H groups in total. The lowest BCUT2D eigenvalue weighted by molar-refractivity contribution is -0.126. The Morgan fingerprint density at radius 1 is 1.19 bits per heavy atom. The van der Waals surface area contributed by atoms with Crippen LogP contribution in [0.1, 0.15) is 36.4 Å². The smallest absolute Gasteiger partial charge is 0.312 e. The number of benzene rings is 1. The Hall–Kier alpha value is -2.93. The van der Waals surface area contributed by atoms with Gasteiger partial charge in [0.2, 0.25) is 5.91 Å². The minimum absolute atomic E-state index is 0.0805. The Morgan fingerprint density at radius 2 is 1.85 bits per heavy atom. The Bertz CT molecular complexity index is 761. The molecule has 1 unspecified atom stereocenters. The van der Waals surface area contributed by atoms with Crippen molar-refractivity contribution in [3.8, 4) is 0 Å². The van der Waals surface area contributed by atoms with E-state index in [1.165, 1.54) is 0 Å². The molecule has 1 fully saturated rings. The van der Waals surface area contributed by atoms with Crippen molar-refractivity contribution in [1.82, 2.24) is 15.6 Å². The van der Waals surface area contributed by atoms with Gasteiger partial charge in [-0.25, -0.2) is 4.79 Å². The molecule has 3 amide bonds. The molecule has 0 bridgehead atoms. The number of rotatable bonds is 6. The zero-order chi connectivity index (χ0) is 18.6. The monoisotopic (exact) mass is 354 g/mol. The highest BCUT2D eigenvalue weighted by molar-refractivity contribution is 5.79. The quantitative estimate of drug-likeness (QED) is 0.626. The molecule has 7 heteroatoms. The summed E-state index contributed by atoms with van der Waals surface area (Å²) in [6, 6.07) is 11.5. The summed E-state index contributed by atoms with van der Waals surface area (Å²) in [5.74, 6) is -0.200. The fourth-order valence-corrected chi connectivity index (χ4v) is 3.34. The molecule has 7 nitrogen and oxygen atoms in total. The Balaban J connectivity index is 1.56. The third-order valence-corrected chi connectivity index (χ3v) is 4.66. The van der Waals surface area contributed by atoms with Crippen molar-refractivity contribution in [2.45, 2.75) is 36.9 Å². The molecule has 2 aromatic rings. The van der Waals surface area contributed by atoms with Crippen LogP contribution in [0.25, 0.3) is 0 Å². The number of hydrogen-bond acceptors (Lipinski definition) is 4. The zero-order valence-corrected chi connectivity index (χ0v) is 14.3. The largest absolute Gasteiger partial charge is 0.385 e. The fraction of sp³-hybridized carbons (Fsp3) is 0.316. The number of aromatic nitrogens is 1. The Morgan fingerprint density at radius 3 is 2.46 bits per heavy atom. The van der Waals surface area contributed by atoms with Crippen LogP contribution in [0, 0.1) is 0 Å². The number of nitrogens with one attached hydrogen (secondary N) is 2. The average Bonchev–Trinajstić information content (AvgIpc) is 2.61. The third-order valence-electron chi connectivity index (χ3n) is 4.66. The summed E-state index contributed by atoms with van der Waals surface area (Å²) in [7, 11) is 0. The molecule has 0 aliphatic heterocycles. The maximum atomic E-state index is 12.4. The molecule has 26 heavy (non-hydrogen) atoms. The molecule has 0 spiro atoms. The number of carbonyl (C=O) groups is 2. The summed E-state index contributed by atoms with van der Waals surface area (Å²) in [6.45, 7) is 0. The molecule has 1 atom stereocenters. The topological polar surface area (TPSA) is 117 Å². The van der Waals surface area contributed by atoms with Crippen LogP contribution in [-0.2, 0) is 10.4 Å². The van der Waals surface area contributed by atoms with Crippen LogP contribution in [-0.4, -0.2) is 28.1 Å². The van der Waals surface area contributed by atoms with Crippen LogP contribution < -0.4 is 16.4 Å². The van der Waals surface area contributed by atoms with E-state index >= 15 is 0 Å². The van der Waals surface area contributed by atoms with Gasteiger partial charge in [0, 0.05) is 31.3 Å². The zero-order valence-electron chi connectivity index (χ0n) is 14.3. The van der Waals surface area contributed by atoms with Crippen LogP contribution in [0.3, 0.4) is 0 Å². The third kappa shape index (κ3) is 4.18. The number of amides is 3. The minimum Gasteiger partial charge on any atom is -0.385 e. The Labute approximate surface area is 151 Å². The van der Waals surface area contributed by atoms with Gasteiger partial charge in [-0.15, -0.1) is 0 Å². The first-order valence-electron chi connectivity index (χ1n) is 8.49. The first-order valence-corrected chi connectivity index (χ1v) is 8.49. The van der Waals surface area contributed by atoms with Gasteiger partial charge in [0.1, 0.15) is 0 Å². The number of nitrogens with zero attached hydrogens (tertiary/aromatic N) is 1. The van der Waals surface area contributed by atoms with E-state index in [1.807, 2.05) is 30.3 Å². The van der Waals surface area contributed by atoms with Crippen LogP contribution in [0.5, 0.6) is 0 Å². The van der Waals surface area contributed by atoms with E-state index in [9.17, 15) is 14.7 Å². The number of carbonyl (C=O) groups excluding carboxylic acids is 2. The molecular formula is C19H22N4O3. The summed E-state index contributed by atoms with van der Waals surface area (Å²) >= 11 is 0. The van der Waals surface area contributed by atoms with Crippen LogP contribution in [0.15, 0.2) is 54.9 Å². The van der Waals surface area contributed by atoms with Gasteiger partial charge in [0.15, 0.2) is 0 Å². The molecule has 1 aromatic heterocycles. The molecule has 1 heterocycles. The van der Waals surface area contributed by atoms with Crippen molar-refractivity contribution >= 4 is 11.9 Å². The predicted octanol–water partition coefficient (Wildman–Crippen LogP) is 1.35. The number of hydrogen-bond donors (Lipinski definition) is 4. The first kappa shape index (κ1) is 17.9. The average molecular weight is 354 g/mol. The van der Waals surface area contributed by atoms with E-state index in [-0.39, 0.29) is 18.4 Å². The SMILES string of the molecule is NC(=O)NC(CC(=O)NC1CC(O)(c2ccncc2)C1)c1ccccc1. The lowest BCUT2D eigenvalue weighted by Gasteiger charge is -2.44. The molecule has 1 saturated carbocycles. The van der Waals surface area contributed by atoms with Crippen LogP contribution in [0.4, 0.5) is 4.79 Å². The maximum Gasteiger partial charge on any atom is 0.312 e. The molecule has 3 rings (SSSR count).